The van der Waals surface area contributed by atoms with Crippen LogP contribution >= 0.6 is 23.2 Å². The van der Waals surface area contributed by atoms with Gasteiger partial charge in [0.05, 0.1) is 22.0 Å². The molecule has 0 saturated carbocycles. The summed E-state index contributed by atoms with van der Waals surface area (Å²) in [6, 6.07) is 5.78. The maximum absolute atomic E-state index is 13.7. The summed E-state index contributed by atoms with van der Waals surface area (Å²) in [5.41, 5.74) is -1.31. The van der Waals surface area contributed by atoms with Gasteiger partial charge in [-0.3, -0.25) is 9.59 Å². The van der Waals surface area contributed by atoms with Crippen LogP contribution in [0.4, 0.5) is 8.78 Å². The van der Waals surface area contributed by atoms with Crippen molar-refractivity contribution in [3.05, 3.63) is 79.1 Å². The molecule has 3 aromatic rings. The SMILES string of the molecule is O=C(Cc1c(F)cccc1F)NCc1c(Cl)c(Cl)cc2cc(C(=O)O)c(=O)[nH]c12. The molecule has 0 radical (unpaired) electrons. The number of nitrogens with one attached hydrogen (secondary N) is 2. The number of carbonyl (C=O) groups is 2. The summed E-state index contributed by atoms with van der Waals surface area (Å²) < 4.78 is 27.4. The molecule has 0 aliphatic heterocycles. The van der Waals surface area contributed by atoms with E-state index in [4.69, 9.17) is 28.3 Å². The van der Waals surface area contributed by atoms with Crippen LogP contribution in [0.25, 0.3) is 10.9 Å². The van der Waals surface area contributed by atoms with Crippen molar-refractivity contribution < 1.29 is 23.5 Å². The lowest BCUT2D eigenvalue weighted by Gasteiger charge is -2.13. The van der Waals surface area contributed by atoms with Gasteiger partial charge >= 0.3 is 5.97 Å². The fourth-order valence-corrected chi connectivity index (χ4v) is 3.25. The average Bonchev–Trinajstić information content (AvgIpc) is 2.65. The average molecular weight is 441 g/mol. The summed E-state index contributed by atoms with van der Waals surface area (Å²) in [5, 5.41) is 12.0. The van der Waals surface area contributed by atoms with Crippen molar-refractivity contribution in [3.8, 4) is 0 Å². The normalized spacial score (nSPS) is 10.9. The van der Waals surface area contributed by atoms with Crippen molar-refractivity contribution >= 4 is 46.0 Å². The van der Waals surface area contributed by atoms with Crippen molar-refractivity contribution in [2.75, 3.05) is 0 Å². The number of pyridine rings is 1. The van der Waals surface area contributed by atoms with Gasteiger partial charge in [-0.25, -0.2) is 13.6 Å². The van der Waals surface area contributed by atoms with Crippen LogP contribution in [0.3, 0.4) is 0 Å². The summed E-state index contributed by atoms with van der Waals surface area (Å²) >= 11 is 12.2. The number of aromatic carboxylic acids is 1. The number of amides is 1. The third-order valence-corrected chi connectivity index (χ3v) is 5.05. The standard InChI is InChI=1S/C19H12Cl2F2N2O4/c20-12-5-8-4-10(19(28)29)18(27)25-17(8)11(16(12)21)7-24-15(26)6-9-13(22)2-1-3-14(9)23/h1-5H,6-7H2,(H,24,26)(H,25,27)(H,28,29). The monoisotopic (exact) mass is 440 g/mol. The molecule has 0 aliphatic carbocycles. The second kappa shape index (κ2) is 8.18. The number of halogens is 4. The molecular weight excluding hydrogens is 429 g/mol. The molecule has 1 amide bonds. The van der Waals surface area contributed by atoms with E-state index in [0.717, 1.165) is 18.2 Å². The van der Waals surface area contributed by atoms with Crippen molar-refractivity contribution in [1.29, 1.82) is 0 Å². The van der Waals surface area contributed by atoms with Gasteiger partial charge in [0.1, 0.15) is 17.2 Å². The van der Waals surface area contributed by atoms with E-state index in [-0.39, 0.29) is 33.2 Å². The molecular formula is C19H12Cl2F2N2O4. The number of carboxylic acid groups (broad SMARTS) is 1. The summed E-state index contributed by atoms with van der Waals surface area (Å²) in [6.45, 7) is -0.215. The van der Waals surface area contributed by atoms with Crippen LogP contribution in [0, 0.1) is 11.6 Å². The predicted octanol–water partition coefficient (Wildman–Crippen LogP) is 3.67. The maximum Gasteiger partial charge on any atom is 0.341 e. The molecule has 0 spiro atoms. The van der Waals surface area contributed by atoms with Gasteiger partial charge in [-0.05, 0) is 24.3 Å². The first-order valence-corrected chi connectivity index (χ1v) is 8.91. The largest absolute Gasteiger partial charge is 0.477 e. The van der Waals surface area contributed by atoms with Gasteiger partial charge in [0.15, 0.2) is 0 Å². The number of hydrogen-bond donors (Lipinski definition) is 3. The topological polar surface area (TPSA) is 99.3 Å². The molecule has 0 aliphatic rings. The Morgan fingerprint density at radius 1 is 1.10 bits per heavy atom. The summed E-state index contributed by atoms with van der Waals surface area (Å²) in [4.78, 5) is 37.7. The lowest BCUT2D eigenvalue weighted by Crippen LogP contribution is -2.26. The van der Waals surface area contributed by atoms with Gasteiger partial charge in [0, 0.05) is 23.1 Å². The molecule has 2 aromatic carbocycles. The maximum atomic E-state index is 13.7. The number of H-pyrrole nitrogens is 1. The molecule has 150 valence electrons. The second-order valence-electron chi connectivity index (χ2n) is 6.09. The Hall–Kier alpha value is -2.97. The molecule has 0 unspecified atom stereocenters. The number of benzene rings is 2. The highest BCUT2D eigenvalue weighted by atomic mass is 35.5. The first-order valence-electron chi connectivity index (χ1n) is 8.15. The third-order valence-electron chi connectivity index (χ3n) is 4.22. The van der Waals surface area contributed by atoms with E-state index in [2.05, 4.69) is 10.3 Å². The van der Waals surface area contributed by atoms with Crippen LogP contribution in [-0.4, -0.2) is 22.0 Å². The molecule has 0 fully saturated rings. The Morgan fingerprint density at radius 3 is 2.38 bits per heavy atom. The minimum absolute atomic E-state index is 0.0373. The van der Waals surface area contributed by atoms with Crippen molar-refractivity contribution in [2.24, 2.45) is 0 Å². The van der Waals surface area contributed by atoms with E-state index >= 15 is 0 Å². The molecule has 0 saturated heterocycles. The Labute approximate surface area is 172 Å². The number of carboxylic acids is 1. The molecule has 29 heavy (non-hydrogen) atoms. The number of carbonyl (C=O) groups excluding carboxylic acids is 1. The van der Waals surface area contributed by atoms with E-state index in [0.29, 0.717) is 5.39 Å². The van der Waals surface area contributed by atoms with Crippen LogP contribution in [-0.2, 0) is 17.8 Å². The van der Waals surface area contributed by atoms with Crippen molar-refractivity contribution in [1.82, 2.24) is 10.3 Å². The Morgan fingerprint density at radius 2 is 1.76 bits per heavy atom. The first-order chi connectivity index (χ1) is 13.7. The fourth-order valence-electron chi connectivity index (χ4n) is 2.80. The Balaban J connectivity index is 1.92. The van der Waals surface area contributed by atoms with Gasteiger partial charge < -0.3 is 15.4 Å². The minimum Gasteiger partial charge on any atom is -0.477 e. The first kappa shape index (κ1) is 20.8. The second-order valence-corrected chi connectivity index (χ2v) is 6.87. The summed E-state index contributed by atoms with van der Waals surface area (Å²) in [6.07, 6.45) is -0.547. The third kappa shape index (κ3) is 4.23. The van der Waals surface area contributed by atoms with Gasteiger partial charge in [0.2, 0.25) is 5.91 Å². The molecule has 0 bridgehead atoms. The molecule has 6 nitrogen and oxygen atoms in total. The van der Waals surface area contributed by atoms with Gasteiger partial charge in [-0.15, -0.1) is 0 Å². The molecule has 3 rings (SSSR count). The van der Waals surface area contributed by atoms with Crippen LogP contribution < -0.4 is 10.9 Å². The number of aromatic amines is 1. The molecule has 3 N–H and O–H groups in total. The molecule has 1 heterocycles. The highest BCUT2D eigenvalue weighted by Crippen LogP contribution is 2.32. The van der Waals surface area contributed by atoms with Crippen LogP contribution in [0.2, 0.25) is 10.0 Å². The van der Waals surface area contributed by atoms with Crippen molar-refractivity contribution in [2.45, 2.75) is 13.0 Å². The van der Waals surface area contributed by atoms with E-state index in [1.54, 1.807) is 0 Å². The predicted molar refractivity (Wildman–Crippen MR) is 103 cm³/mol. The Kier molecular flexibility index (Phi) is 5.86. The van der Waals surface area contributed by atoms with Crippen LogP contribution in [0.15, 0.2) is 35.1 Å². The van der Waals surface area contributed by atoms with Crippen LogP contribution in [0.1, 0.15) is 21.5 Å². The number of rotatable bonds is 5. The van der Waals surface area contributed by atoms with E-state index in [1.807, 2.05) is 0 Å². The number of aromatic nitrogens is 1. The lowest BCUT2D eigenvalue weighted by atomic mass is 10.1. The van der Waals surface area contributed by atoms with E-state index in [9.17, 15) is 23.2 Å². The molecule has 1 aromatic heterocycles. The van der Waals surface area contributed by atoms with Crippen molar-refractivity contribution in [3.63, 3.8) is 0 Å². The smallest absolute Gasteiger partial charge is 0.341 e. The zero-order chi connectivity index (χ0) is 21.3. The quantitative estimate of drug-likeness (QED) is 0.563. The number of hydrogen-bond acceptors (Lipinski definition) is 3. The van der Waals surface area contributed by atoms with Gasteiger partial charge in [0.25, 0.3) is 5.56 Å². The molecule has 0 atom stereocenters. The summed E-state index contributed by atoms with van der Waals surface area (Å²) in [5.74, 6) is -3.81. The van der Waals surface area contributed by atoms with Gasteiger partial charge in [-0.1, -0.05) is 29.3 Å². The van der Waals surface area contributed by atoms with E-state index < -0.39 is 41.1 Å². The van der Waals surface area contributed by atoms with Crippen LogP contribution in [0.5, 0.6) is 0 Å². The van der Waals surface area contributed by atoms with Gasteiger partial charge in [-0.2, -0.15) is 0 Å². The highest BCUT2D eigenvalue weighted by molar-refractivity contribution is 6.43. The lowest BCUT2D eigenvalue weighted by molar-refractivity contribution is -0.120. The Bertz CT molecular complexity index is 1190. The number of fused-ring (bicyclic) bond motifs is 1. The fraction of sp³-hybridized carbons (Fsp3) is 0.105. The molecule has 10 heteroatoms. The minimum atomic E-state index is -1.42. The van der Waals surface area contributed by atoms with E-state index in [1.165, 1.54) is 12.1 Å². The zero-order valence-electron chi connectivity index (χ0n) is 14.5. The summed E-state index contributed by atoms with van der Waals surface area (Å²) in [7, 11) is 0. The zero-order valence-corrected chi connectivity index (χ0v) is 16.0. The highest BCUT2D eigenvalue weighted by Gasteiger charge is 2.18.